The van der Waals surface area contributed by atoms with Gasteiger partial charge in [0, 0.05) is 102 Å². The van der Waals surface area contributed by atoms with E-state index in [2.05, 4.69) is 581 Å². The smallest absolute Gasteiger partial charge is 0.252 e. The zero-order valence-electron chi connectivity index (χ0n) is 77.5. The van der Waals surface area contributed by atoms with Crippen LogP contribution in [-0.4, -0.2) is 20.1 Å². The summed E-state index contributed by atoms with van der Waals surface area (Å²) in [4.78, 5) is 14.9. The Labute approximate surface area is 825 Å². The van der Waals surface area contributed by atoms with Crippen molar-refractivity contribution in [1.29, 1.82) is 0 Å². The third kappa shape index (κ3) is 14.8. The summed E-state index contributed by atoms with van der Waals surface area (Å²) in [5, 5.41) is 0. The van der Waals surface area contributed by atoms with E-state index in [0.29, 0.717) is 0 Å². The Morgan fingerprint density at radius 1 is 0.0993 bits per heavy atom. The Morgan fingerprint density at radius 2 is 0.262 bits per heavy atom. The van der Waals surface area contributed by atoms with E-state index >= 15 is 0 Å². The standard InChI is InChI=1S/2C48H33BN2.C36H25BN2/c1-6-16-34(17-7-1)37-26-28-44-42(30-37)49-43-31-38(35-18-8-2-9-19-35)27-29-45(43)51(41-24-14-5-15-25-41)47-33-39(36-20-10-3-11-21-36)32-46(48(47)49)50(44)40-22-12-4-13-23-40;1-6-16-34(17-7-1)37-26-28-42-44(30-37)50(40-22-12-4-13-23-40)46-32-39(36-20-10-3-11-21-36)33-47-48(46)49(42)43-29-27-38(35-18-8-2-9-19-35)31-45(43)51(47)41-24-14-5-15-25-41;1-4-14-26(15-5-1)27-24-34-36-35(25-27)39(29-18-8-3-9-19-29)33-23-13-11-21-31(33)37(36)30-20-10-12-22-32(30)38(34)28-16-6-2-7-17-28/h2*1-33H;1-25H. The van der Waals surface area contributed by atoms with Gasteiger partial charge in [0.2, 0.25) is 0 Å². The number of hydrogen-bond donors (Lipinski definition) is 0. The van der Waals surface area contributed by atoms with Crippen molar-refractivity contribution < 1.29 is 0 Å². The molecule has 0 aromatic heterocycles. The second-order valence-electron chi connectivity index (χ2n) is 36.9. The molecule has 22 aromatic carbocycles. The fourth-order valence-electron chi connectivity index (χ4n) is 22.7. The second-order valence-corrected chi connectivity index (χ2v) is 36.9. The van der Waals surface area contributed by atoms with Crippen molar-refractivity contribution in [3.8, 4) is 77.9 Å². The van der Waals surface area contributed by atoms with E-state index in [0.717, 1.165) is 22.7 Å². The van der Waals surface area contributed by atoms with Crippen LogP contribution in [0.15, 0.2) is 552 Å². The second kappa shape index (κ2) is 35.8. The van der Waals surface area contributed by atoms with Crippen LogP contribution in [0.25, 0.3) is 77.9 Å². The van der Waals surface area contributed by atoms with E-state index in [-0.39, 0.29) is 20.1 Å². The highest BCUT2D eigenvalue weighted by molar-refractivity contribution is 7.02. The van der Waals surface area contributed by atoms with E-state index in [1.807, 2.05) is 0 Å². The van der Waals surface area contributed by atoms with Crippen LogP contribution in [0.2, 0.25) is 0 Å². The molecular formula is C132H91B3N6. The van der Waals surface area contributed by atoms with Crippen molar-refractivity contribution in [2.24, 2.45) is 0 Å². The summed E-state index contributed by atoms with van der Waals surface area (Å²) in [6.07, 6.45) is 0. The summed E-state index contributed by atoms with van der Waals surface area (Å²) in [6.45, 7) is 0.198. The van der Waals surface area contributed by atoms with Gasteiger partial charge in [-0.1, -0.05) is 406 Å². The molecule has 141 heavy (non-hydrogen) atoms. The van der Waals surface area contributed by atoms with Crippen molar-refractivity contribution in [3.63, 3.8) is 0 Å². The lowest BCUT2D eigenvalue weighted by Crippen LogP contribution is -2.61. The van der Waals surface area contributed by atoms with Crippen molar-refractivity contribution >= 4 is 172 Å². The minimum absolute atomic E-state index is 0.0112. The van der Waals surface area contributed by atoms with Crippen LogP contribution in [0.4, 0.5) is 102 Å². The molecule has 0 amide bonds. The predicted octanol–water partition coefficient (Wildman–Crippen LogP) is 29.0. The van der Waals surface area contributed by atoms with Gasteiger partial charge in [-0.15, -0.1) is 0 Å². The highest BCUT2D eigenvalue weighted by Gasteiger charge is 2.48. The molecule has 0 N–H and O–H groups in total. The van der Waals surface area contributed by atoms with Gasteiger partial charge in [0.05, 0.1) is 0 Å². The van der Waals surface area contributed by atoms with Gasteiger partial charge >= 0.3 is 0 Å². The zero-order chi connectivity index (χ0) is 93.2. The normalized spacial score (nSPS) is 12.7. The van der Waals surface area contributed by atoms with E-state index < -0.39 is 0 Å². The number of benzene rings is 22. The van der Waals surface area contributed by atoms with Gasteiger partial charge in [0.15, 0.2) is 0 Å². The average Bonchev–Trinajstić information content (AvgIpc) is 0.703. The minimum atomic E-state index is 0.0112. The van der Waals surface area contributed by atoms with Crippen molar-refractivity contribution in [3.05, 3.63) is 552 Å². The van der Waals surface area contributed by atoms with E-state index in [1.54, 1.807) is 0 Å². The van der Waals surface area contributed by atoms with Crippen molar-refractivity contribution in [2.45, 2.75) is 0 Å². The summed E-state index contributed by atoms with van der Waals surface area (Å²) >= 11 is 0. The van der Waals surface area contributed by atoms with Gasteiger partial charge in [-0.3, -0.25) is 0 Å². The monoisotopic (exact) mass is 1790 g/mol. The first-order chi connectivity index (χ1) is 70.0. The molecule has 658 valence electrons. The Kier molecular flexibility index (Phi) is 21.2. The molecule has 0 saturated carbocycles. The Balaban J connectivity index is 0.000000110. The molecule has 0 spiro atoms. The summed E-state index contributed by atoms with van der Waals surface area (Å²) in [5.74, 6) is 0. The number of fused-ring (bicyclic) bond motifs is 12. The fraction of sp³-hybridized carbons (Fsp3) is 0. The molecule has 6 heterocycles. The maximum atomic E-state index is 2.50. The molecule has 22 aromatic rings. The topological polar surface area (TPSA) is 19.4 Å². The summed E-state index contributed by atoms with van der Waals surface area (Å²) in [5.41, 5.74) is 50.3. The zero-order valence-corrected chi connectivity index (χ0v) is 77.5. The van der Waals surface area contributed by atoms with Gasteiger partial charge in [0.25, 0.3) is 20.1 Å². The van der Waals surface area contributed by atoms with Crippen LogP contribution in [0.3, 0.4) is 0 Å². The molecular weight excluding hydrogens is 1700 g/mol. The molecule has 0 radical (unpaired) electrons. The lowest BCUT2D eigenvalue weighted by molar-refractivity contribution is 1.25. The average molecular weight is 1790 g/mol. The summed E-state index contributed by atoms with van der Waals surface area (Å²) in [7, 11) is 0. The Morgan fingerprint density at radius 3 is 0.504 bits per heavy atom. The molecule has 6 aliphatic rings. The Bertz CT molecular complexity index is 7990. The molecule has 0 aliphatic carbocycles. The molecule has 0 saturated heterocycles. The lowest BCUT2D eigenvalue weighted by atomic mass is 9.33. The van der Waals surface area contributed by atoms with Gasteiger partial charge < -0.3 is 29.4 Å². The molecule has 6 nitrogen and oxygen atoms in total. The van der Waals surface area contributed by atoms with Gasteiger partial charge in [-0.25, -0.2) is 0 Å². The van der Waals surface area contributed by atoms with Crippen LogP contribution < -0.4 is 78.6 Å². The van der Waals surface area contributed by atoms with E-state index in [4.69, 9.17) is 0 Å². The van der Waals surface area contributed by atoms with Crippen LogP contribution in [0, 0.1) is 0 Å². The molecule has 28 rings (SSSR count). The van der Waals surface area contributed by atoms with Crippen molar-refractivity contribution in [1.82, 2.24) is 0 Å². The van der Waals surface area contributed by atoms with E-state index in [1.165, 1.54) is 207 Å². The number of rotatable bonds is 13. The first kappa shape index (κ1) is 83.4. The largest absolute Gasteiger partial charge is 0.311 e. The Hall–Kier alpha value is -18.2. The molecule has 0 unspecified atom stereocenters. The van der Waals surface area contributed by atoms with Crippen LogP contribution in [0.5, 0.6) is 0 Å². The maximum Gasteiger partial charge on any atom is 0.252 e. The molecule has 0 fully saturated rings. The molecule has 0 bridgehead atoms. The summed E-state index contributed by atoms with van der Waals surface area (Å²) < 4.78 is 0. The minimum Gasteiger partial charge on any atom is -0.311 e. The first-order valence-electron chi connectivity index (χ1n) is 48.8. The predicted molar refractivity (Wildman–Crippen MR) is 599 cm³/mol. The molecule has 9 heteroatoms. The van der Waals surface area contributed by atoms with E-state index in [9.17, 15) is 0 Å². The van der Waals surface area contributed by atoms with Crippen LogP contribution in [0.1, 0.15) is 0 Å². The van der Waals surface area contributed by atoms with Crippen LogP contribution in [-0.2, 0) is 0 Å². The lowest BCUT2D eigenvalue weighted by Gasteiger charge is -2.44. The fourth-order valence-corrected chi connectivity index (χ4v) is 22.7. The SMILES string of the molecule is c1ccc(-c2cc3c4c(c2)N(c2ccccc2)c2ccccc2B4c2ccccc2N3c2ccccc2)cc1.c1ccc(-c2ccc3c(c2)B2c4cc(-c5ccccc5)ccc4N(c4ccccc4)c4cc(-c5ccccc5)cc(c42)N3c2ccccc2)cc1.c1ccc(-c2ccc3c(c2)N(c2ccccc2)c2cc(-c4ccccc4)cc4c2B3c2ccc(-c3ccccc3)cc2N4c2ccccc2)cc1. The maximum absolute atomic E-state index is 2.50. The van der Waals surface area contributed by atoms with Gasteiger partial charge in [0.1, 0.15) is 0 Å². The van der Waals surface area contributed by atoms with Gasteiger partial charge in [-0.2, -0.15) is 0 Å². The van der Waals surface area contributed by atoms with Crippen molar-refractivity contribution in [2.75, 3.05) is 29.4 Å². The molecule has 0 atom stereocenters. The van der Waals surface area contributed by atoms with Crippen LogP contribution >= 0.6 is 0 Å². The molecule has 6 aliphatic heterocycles. The third-order valence-electron chi connectivity index (χ3n) is 28.9. The number of nitrogens with zero attached hydrogens (tertiary/aromatic N) is 6. The highest BCUT2D eigenvalue weighted by atomic mass is 15.2. The number of anilines is 18. The highest BCUT2D eigenvalue weighted by Crippen LogP contribution is 2.52. The summed E-state index contributed by atoms with van der Waals surface area (Å²) in [6, 6.07) is 201. The van der Waals surface area contributed by atoms with Gasteiger partial charge in [-0.05, 0) is 273 Å². The third-order valence-corrected chi connectivity index (χ3v) is 28.9. The quantitative estimate of drug-likeness (QED) is 0.106. The number of para-hydroxylation sites is 8. The number of hydrogen-bond acceptors (Lipinski definition) is 6. The first-order valence-corrected chi connectivity index (χ1v) is 48.8.